The van der Waals surface area contributed by atoms with Crippen molar-refractivity contribution in [2.75, 3.05) is 32.5 Å². The molecular formula is C16H22N4O3. The number of nitrogens with two attached hydrogens (primary N) is 1. The molecule has 0 atom stereocenters. The van der Waals surface area contributed by atoms with Crippen LogP contribution in [0.1, 0.15) is 23.2 Å². The average molecular weight is 318 g/mol. The molecule has 1 aromatic rings. The molecule has 1 fully saturated rings. The first-order chi connectivity index (χ1) is 10.9. The van der Waals surface area contributed by atoms with Crippen molar-refractivity contribution in [3.8, 4) is 0 Å². The van der Waals surface area contributed by atoms with Gasteiger partial charge in [0.1, 0.15) is 0 Å². The fraction of sp³-hybridized carbons (Fsp3) is 0.438. The Kier molecular flexibility index (Phi) is 5.20. The number of hydrogen-bond acceptors (Lipinski definition) is 3. The number of carbonyl (C=O) groups is 3. The molecule has 0 aliphatic carbocycles. The van der Waals surface area contributed by atoms with E-state index in [2.05, 4.69) is 5.32 Å². The zero-order chi connectivity index (χ0) is 17.0. The van der Waals surface area contributed by atoms with Crippen LogP contribution in [0.25, 0.3) is 0 Å². The molecule has 2 rings (SSSR count). The number of hydrogen-bond donors (Lipinski definition) is 2. The monoisotopic (exact) mass is 318 g/mol. The molecule has 0 spiro atoms. The Balaban J connectivity index is 1.96. The lowest BCUT2D eigenvalue weighted by Crippen LogP contribution is -2.45. The Hall–Kier alpha value is -2.57. The normalized spacial score (nSPS) is 15.1. The van der Waals surface area contributed by atoms with E-state index in [4.69, 9.17) is 5.73 Å². The van der Waals surface area contributed by atoms with Gasteiger partial charge in [0.05, 0.1) is 11.3 Å². The molecule has 4 amide bonds. The Labute approximate surface area is 135 Å². The van der Waals surface area contributed by atoms with Gasteiger partial charge in [0.25, 0.3) is 5.91 Å². The topological polar surface area (TPSA) is 95.7 Å². The van der Waals surface area contributed by atoms with Gasteiger partial charge in [-0.05, 0) is 25.0 Å². The Bertz CT molecular complexity index is 607. The van der Waals surface area contributed by atoms with Crippen LogP contribution in [0.5, 0.6) is 0 Å². The fourth-order valence-corrected chi connectivity index (χ4v) is 2.66. The van der Waals surface area contributed by atoms with Gasteiger partial charge in [-0.25, -0.2) is 4.79 Å². The highest BCUT2D eigenvalue weighted by atomic mass is 16.2. The second kappa shape index (κ2) is 7.13. The number of nitrogens with zero attached hydrogens (tertiary/aromatic N) is 2. The van der Waals surface area contributed by atoms with E-state index in [1.807, 2.05) is 0 Å². The number of rotatable bonds is 3. The maximum absolute atomic E-state index is 12.4. The van der Waals surface area contributed by atoms with Gasteiger partial charge in [0.2, 0.25) is 5.91 Å². The molecule has 3 N–H and O–H groups in total. The van der Waals surface area contributed by atoms with Gasteiger partial charge in [0.15, 0.2) is 0 Å². The van der Waals surface area contributed by atoms with Crippen LogP contribution in [0.15, 0.2) is 24.3 Å². The molecule has 0 bridgehead atoms. The lowest BCUT2D eigenvalue weighted by atomic mass is 9.95. The molecule has 0 unspecified atom stereocenters. The highest BCUT2D eigenvalue weighted by molar-refractivity contribution is 6.03. The predicted octanol–water partition coefficient (Wildman–Crippen LogP) is 1.12. The standard InChI is InChI=1S/C16H22N4O3/c1-19(2)16(23)20-9-7-11(8-10-20)15(22)18-13-6-4-3-5-12(13)14(17)21/h3-6,11H,7-10H2,1-2H3,(H2,17,21)(H,18,22). The molecule has 1 saturated heterocycles. The summed E-state index contributed by atoms with van der Waals surface area (Å²) in [4.78, 5) is 38.9. The predicted molar refractivity (Wildman–Crippen MR) is 87.0 cm³/mol. The lowest BCUT2D eigenvalue weighted by molar-refractivity contribution is -0.121. The molecule has 1 aromatic carbocycles. The smallest absolute Gasteiger partial charge is 0.319 e. The maximum atomic E-state index is 12.4. The number of nitrogens with one attached hydrogen (secondary N) is 1. The number of primary amides is 1. The summed E-state index contributed by atoms with van der Waals surface area (Å²) < 4.78 is 0. The zero-order valence-electron chi connectivity index (χ0n) is 13.4. The van der Waals surface area contributed by atoms with Crippen molar-refractivity contribution in [3.05, 3.63) is 29.8 Å². The second-order valence-electron chi connectivity index (χ2n) is 5.84. The summed E-state index contributed by atoms with van der Waals surface area (Å²) in [6, 6.07) is 6.63. The summed E-state index contributed by atoms with van der Waals surface area (Å²) in [5, 5.41) is 2.77. The van der Waals surface area contributed by atoms with Crippen molar-refractivity contribution < 1.29 is 14.4 Å². The average Bonchev–Trinajstić information content (AvgIpc) is 2.54. The summed E-state index contributed by atoms with van der Waals surface area (Å²) in [6.07, 6.45) is 1.20. The first-order valence-electron chi connectivity index (χ1n) is 7.56. The molecule has 0 saturated carbocycles. The van der Waals surface area contributed by atoms with Crippen LogP contribution in [0.2, 0.25) is 0 Å². The quantitative estimate of drug-likeness (QED) is 0.874. The maximum Gasteiger partial charge on any atom is 0.319 e. The van der Waals surface area contributed by atoms with Crippen LogP contribution in [-0.2, 0) is 4.79 Å². The Morgan fingerprint density at radius 3 is 2.35 bits per heavy atom. The van der Waals surface area contributed by atoms with Gasteiger partial charge < -0.3 is 20.9 Å². The van der Waals surface area contributed by atoms with E-state index >= 15 is 0 Å². The number of carbonyl (C=O) groups excluding carboxylic acids is 3. The van der Waals surface area contributed by atoms with E-state index in [0.717, 1.165) is 0 Å². The van der Waals surface area contributed by atoms with E-state index in [1.54, 1.807) is 43.3 Å². The van der Waals surface area contributed by atoms with Crippen molar-refractivity contribution in [2.45, 2.75) is 12.8 Å². The molecule has 0 aromatic heterocycles. The third-order valence-electron chi connectivity index (χ3n) is 3.97. The first kappa shape index (κ1) is 16.8. The molecule has 124 valence electrons. The van der Waals surface area contributed by atoms with Gasteiger partial charge in [-0.15, -0.1) is 0 Å². The molecule has 7 heteroatoms. The molecule has 1 heterocycles. The highest BCUT2D eigenvalue weighted by Crippen LogP contribution is 2.21. The zero-order valence-corrected chi connectivity index (χ0v) is 13.4. The number of likely N-dealkylation sites (tertiary alicyclic amines) is 1. The SMILES string of the molecule is CN(C)C(=O)N1CCC(C(=O)Nc2ccccc2C(N)=O)CC1. The Morgan fingerprint density at radius 1 is 1.17 bits per heavy atom. The second-order valence-corrected chi connectivity index (χ2v) is 5.84. The first-order valence-corrected chi connectivity index (χ1v) is 7.56. The van der Waals surface area contributed by atoms with Crippen LogP contribution in [0.4, 0.5) is 10.5 Å². The van der Waals surface area contributed by atoms with Crippen molar-refractivity contribution in [3.63, 3.8) is 0 Å². The number of benzene rings is 1. The van der Waals surface area contributed by atoms with Crippen molar-refractivity contribution in [2.24, 2.45) is 11.7 Å². The summed E-state index contributed by atoms with van der Waals surface area (Å²) in [6.45, 7) is 1.10. The summed E-state index contributed by atoms with van der Waals surface area (Å²) in [5.74, 6) is -0.898. The molecule has 1 aliphatic heterocycles. The minimum absolute atomic E-state index is 0.0390. The van der Waals surface area contributed by atoms with Crippen molar-refractivity contribution >= 4 is 23.5 Å². The summed E-state index contributed by atoms with van der Waals surface area (Å²) >= 11 is 0. The molecular weight excluding hydrogens is 296 g/mol. The van der Waals surface area contributed by atoms with Gasteiger partial charge in [0, 0.05) is 33.1 Å². The van der Waals surface area contributed by atoms with Crippen LogP contribution < -0.4 is 11.1 Å². The molecule has 1 aliphatic rings. The number of para-hydroxylation sites is 1. The minimum atomic E-state index is -0.577. The Morgan fingerprint density at radius 2 is 1.78 bits per heavy atom. The molecule has 7 nitrogen and oxygen atoms in total. The van der Waals surface area contributed by atoms with Crippen LogP contribution in [0.3, 0.4) is 0 Å². The largest absolute Gasteiger partial charge is 0.366 e. The lowest BCUT2D eigenvalue weighted by Gasteiger charge is -2.33. The number of amides is 4. The van der Waals surface area contributed by atoms with Crippen LogP contribution in [-0.4, -0.2) is 54.8 Å². The van der Waals surface area contributed by atoms with Gasteiger partial charge in [-0.2, -0.15) is 0 Å². The van der Waals surface area contributed by atoms with Gasteiger partial charge >= 0.3 is 6.03 Å². The summed E-state index contributed by atoms with van der Waals surface area (Å²) in [5.41, 5.74) is 6.03. The highest BCUT2D eigenvalue weighted by Gasteiger charge is 2.28. The van der Waals surface area contributed by atoms with Crippen LogP contribution >= 0.6 is 0 Å². The van der Waals surface area contributed by atoms with E-state index < -0.39 is 5.91 Å². The number of piperidine rings is 1. The van der Waals surface area contributed by atoms with Gasteiger partial charge in [-0.3, -0.25) is 9.59 Å². The molecule has 23 heavy (non-hydrogen) atoms. The summed E-state index contributed by atoms with van der Waals surface area (Å²) in [7, 11) is 3.42. The third kappa shape index (κ3) is 4.00. The van der Waals surface area contributed by atoms with Gasteiger partial charge in [-0.1, -0.05) is 12.1 Å². The van der Waals surface area contributed by atoms with E-state index in [0.29, 0.717) is 37.2 Å². The van der Waals surface area contributed by atoms with Crippen molar-refractivity contribution in [1.29, 1.82) is 0 Å². The third-order valence-corrected chi connectivity index (χ3v) is 3.97. The van der Waals surface area contributed by atoms with Crippen molar-refractivity contribution in [1.82, 2.24) is 9.80 Å². The number of anilines is 1. The minimum Gasteiger partial charge on any atom is -0.366 e. The van der Waals surface area contributed by atoms with Crippen LogP contribution in [0, 0.1) is 5.92 Å². The van der Waals surface area contributed by atoms with E-state index in [9.17, 15) is 14.4 Å². The number of urea groups is 1. The molecule has 0 radical (unpaired) electrons. The van der Waals surface area contributed by atoms with E-state index in [-0.39, 0.29) is 17.9 Å². The fourth-order valence-electron chi connectivity index (χ4n) is 2.66. The van der Waals surface area contributed by atoms with E-state index in [1.165, 1.54) is 4.90 Å².